The lowest BCUT2D eigenvalue weighted by Crippen LogP contribution is -2.16. The van der Waals surface area contributed by atoms with E-state index in [2.05, 4.69) is 4.98 Å². The van der Waals surface area contributed by atoms with E-state index in [1.807, 2.05) is 37.3 Å². The van der Waals surface area contributed by atoms with E-state index in [1.165, 1.54) is 11.3 Å². The van der Waals surface area contributed by atoms with Gasteiger partial charge in [-0.25, -0.2) is 4.98 Å². The van der Waals surface area contributed by atoms with Crippen molar-refractivity contribution in [3.05, 3.63) is 75.8 Å². The van der Waals surface area contributed by atoms with Crippen molar-refractivity contribution >= 4 is 33.1 Å². The highest BCUT2D eigenvalue weighted by Gasteiger charge is 2.29. The van der Waals surface area contributed by atoms with E-state index in [4.69, 9.17) is 11.6 Å². The van der Waals surface area contributed by atoms with E-state index in [0.717, 1.165) is 15.4 Å². The number of thiazole rings is 1. The third kappa shape index (κ3) is 4.10. The van der Waals surface area contributed by atoms with Crippen molar-refractivity contribution in [2.24, 2.45) is 0 Å². The molecule has 25 heavy (non-hydrogen) atoms. The summed E-state index contributed by atoms with van der Waals surface area (Å²) in [5.74, 6) is 0. The van der Waals surface area contributed by atoms with Crippen molar-refractivity contribution in [2.45, 2.75) is 18.6 Å². The topological polar surface area (TPSA) is 67.3 Å². The summed E-state index contributed by atoms with van der Waals surface area (Å²) in [5.41, 5.74) is 2.00. The Balaban J connectivity index is 1.99. The van der Waals surface area contributed by atoms with Crippen molar-refractivity contribution in [3.63, 3.8) is 0 Å². The van der Waals surface area contributed by atoms with Crippen LogP contribution >= 0.6 is 22.9 Å². The second-order valence-electron chi connectivity index (χ2n) is 5.62. The van der Waals surface area contributed by atoms with Crippen LogP contribution in [-0.4, -0.2) is 18.0 Å². The SMILES string of the molecule is Cc1sc(-c2ccccc2)nc1CC(c1ccccc1Cl)S(=O)(=O)O. The largest absolute Gasteiger partial charge is 0.285 e. The number of rotatable bonds is 5. The summed E-state index contributed by atoms with van der Waals surface area (Å²) >= 11 is 7.64. The molecule has 130 valence electrons. The lowest BCUT2D eigenvalue weighted by atomic mass is 10.1. The first-order chi connectivity index (χ1) is 11.9. The normalized spacial score (nSPS) is 12.9. The zero-order valence-corrected chi connectivity index (χ0v) is 15.8. The van der Waals surface area contributed by atoms with Crippen LogP contribution in [0, 0.1) is 6.92 Å². The van der Waals surface area contributed by atoms with Gasteiger partial charge in [0, 0.05) is 21.9 Å². The molecule has 0 radical (unpaired) electrons. The minimum absolute atomic E-state index is 0.0672. The monoisotopic (exact) mass is 393 g/mol. The number of aryl methyl sites for hydroxylation is 1. The summed E-state index contributed by atoms with van der Waals surface area (Å²) in [7, 11) is -4.33. The van der Waals surface area contributed by atoms with Gasteiger partial charge in [-0.2, -0.15) is 8.42 Å². The van der Waals surface area contributed by atoms with Gasteiger partial charge in [0.1, 0.15) is 10.3 Å². The molecule has 3 rings (SSSR count). The Bertz CT molecular complexity index is 985. The summed E-state index contributed by atoms with van der Waals surface area (Å²) in [6.07, 6.45) is 0.0672. The van der Waals surface area contributed by atoms with Crippen LogP contribution in [0.1, 0.15) is 21.4 Å². The predicted molar refractivity (Wildman–Crippen MR) is 102 cm³/mol. The van der Waals surface area contributed by atoms with Crippen LogP contribution in [0.2, 0.25) is 5.02 Å². The maximum absolute atomic E-state index is 11.9. The fraction of sp³-hybridized carbons (Fsp3) is 0.167. The van der Waals surface area contributed by atoms with Gasteiger partial charge in [-0.1, -0.05) is 60.1 Å². The van der Waals surface area contributed by atoms with Crippen LogP contribution in [0.15, 0.2) is 54.6 Å². The van der Waals surface area contributed by atoms with E-state index < -0.39 is 15.4 Å². The summed E-state index contributed by atoms with van der Waals surface area (Å²) < 4.78 is 33.6. The third-order valence-corrected chi connectivity index (χ3v) is 6.45. The molecular formula is C18H16ClNO3S2. The number of hydrogen-bond donors (Lipinski definition) is 1. The molecule has 1 aromatic heterocycles. The van der Waals surface area contributed by atoms with Gasteiger partial charge in [0.05, 0.1) is 5.69 Å². The first kappa shape index (κ1) is 18.1. The highest BCUT2D eigenvalue weighted by Crippen LogP contribution is 2.34. The van der Waals surface area contributed by atoms with Crippen molar-refractivity contribution in [1.29, 1.82) is 0 Å². The maximum Gasteiger partial charge on any atom is 0.272 e. The molecule has 0 bridgehead atoms. The molecule has 0 spiro atoms. The van der Waals surface area contributed by atoms with E-state index in [9.17, 15) is 13.0 Å². The second-order valence-corrected chi connectivity index (χ2v) is 8.83. The minimum atomic E-state index is -4.33. The lowest BCUT2D eigenvalue weighted by Gasteiger charge is -2.15. The Labute approximate surface area is 155 Å². The van der Waals surface area contributed by atoms with E-state index >= 15 is 0 Å². The molecule has 0 amide bonds. The molecule has 0 fully saturated rings. The molecular weight excluding hydrogens is 378 g/mol. The van der Waals surface area contributed by atoms with Crippen LogP contribution in [0.3, 0.4) is 0 Å². The molecule has 1 atom stereocenters. The highest BCUT2D eigenvalue weighted by molar-refractivity contribution is 7.86. The van der Waals surface area contributed by atoms with Gasteiger partial charge in [0.15, 0.2) is 0 Å². The Morgan fingerprint density at radius 1 is 1.12 bits per heavy atom. The van der Waals surface area contributed by atoms with Crippen molar-refractivity contribution < 1.29 is 13.0 Å². The fourth-order valence-electron chi connectivity index (χ4n) is 2.61. The molecule has 2 aromatic carbocycles. The maximum atomic E-state index is 11.9. The molecule has 7 heteroatoms. The van der Waals surface area contributed by atoms with Crippen LogP contribution < -0.4 is 0 Å². The third-order valence-electron chi connectivity index (χ3n) is 3.90. The van der Waals surface area contributed by atoms with Crippen LogP contribution in [0.5, 0.6) is 0 Å². The highest BCUT2D eigenvalue weighted by atomic mass is 35.5. The minimum Gasteiger partial charge on any atom is -0.285 e. The average Bonchev–Trinajstić information content (AvgIpc) is 2.94. The first-order valence-electron chi connectivity index (χ1n) is 7.58. The molecule has 1 heterocycles. The standard InChI is InChI=1S/C18H16ClNO3S2/c1-12-16(20-18(24-12)13-7-3-2-4-8-13)11-17(25(21,22)23)14-9-5-6-10-15(14)19/h2-10,17H,11H2,1H3,(H,21,22,23). The lowest BCUT2D eigenvalue weighted by molar-refractivity contribution is 0.467. The number of benzene rings is 2. The van der Waals surface area contributed by atoms with E-state index in [1.54, 1.807) is 24.3 Å². The number of aromatic nitrogens is 1. The first-order valence-corrected chi connectivity index (χ1v) is 10.3. The van der Waals surface area contributed by atoms with Gasteiger partial charge in [-0.05, 0) is 18.6 Å². The summed E-state index contributed by atoms with van der Waals surface area (Å²) in [4.78, 5) is 5.50. The molecule has 1 unspecified atom stereocenters. The van der Waals surface area contributed by atoms with E-state index in [0.29, 0.717) is 16.3 Å². The van der Waals surface area contributed by atoms with Crippen molar-refractivity contribution in [2.75, 3.05) is 0 Å². The van der Waals surface area contributed by atoms with Gasteiger partial charge in [0.2, 0.25) is 0 Å². The number of halogens is 1. The summed E-state index contributed by atoms with van der Waals surface area (Å²) in [5, 5.41) is -0.0201. The second kappa shape index (κ2) is 7.25. The zero-order valence-electron chi connectivity index (χ0n) is 13.4. The zero-order chi connectivity index (χ0) is 18.0. The molecule has 3 aromatic rings. The Hall–Kier alpha value is -1.73. The Kier molecular flexibility index (Phi) is 5.24. The van der Waals surface area contributed by atoms with Crippen LogP contribution in [0.4, 0.5) is 0 Å². The van der Waals surface area contributed by atoms with E-state index in [-0.39, 0.29) is 6.42 Å². The molecule has 0 saturated heterocycles. The molecule has 0 aliphatic rings. The molecule has 0 saturated carbocycles. The molecule has 4 nitrogen and oxygen atoms in total. The van der Waals surface area contributed by atoms with Gasteiger partial charge in [0.25, 0.3) is 10.1 Å². The van der Waals surface area contributed by atoms with Gasteiger partial charge in [-0.3, -0.25) is 4.55 Å². The quantitative estimate of drug-likeness (QED) is 0.623. The molecule has 1 N–H and O–H groups in total. The summed E-state index contributed by atoms with van der Waals surface area (Å²) in [6, 6.07) is 16.3. The van der Waals surface area contributed by atoms with Crippen molar-refractivity contribution in [3.8, 4) is 10.6 Å². The molecule has 0 aliphatic heterocycles. The van der Waals surface area contributed by atoms with Crippen molar-refractivity contribution in [1.82, 2.24) is 4.98 Å². The Morgan fingerprint density at radius 2 is 1.76 bits per heavy atom. The Morgan fingerprint density at radius 3 is 2.40 bits per heavy atom. The van der Waals surface area contributed by atoms with Crippen LogP contribution in [0.25, 0.3) is 10.6 Å². The number of nitrogens with zero attached hydrogens (tertiary/aromatic N) is 1. The van der Waals surface area contributed by atoms with Gasteiger partial charge >= 0.3 is 0 Å². The van der Waals surface area contributed by atoms with Gasteiger partial charge in [-0.15, -0.1) is 11.3 Å². The predicted octanol–water partition coefficient (Wildman–Crippen LogP) is 4.94. The van der Waals surface area contributed by atoms with Crippen LogP contribution in [-0.2, 0) is 16.5 Å². The summed E-state index contributed by atoms with van der Waals surface area (Å²) in [6.45, 7) is 1.90. The number of hydrogen-bond acceptors (Lipinski definition) is 4. The smallest absolute Gasteiger partial charge is 0.272 e. The fourth-order valence-corrected chi connectivity index (χ4v) is 4.78. The van der Waals surface area contributed by atoms with Gasteiger partial charge < -0.3 is 0 Å². The average molecular weight is 394 g/mol. The molecule has 0 aliphatic carbocycles.